The molecule has 0 unspecified atom stereocenters. The molecule has 5 heteroatoms. The summed E-state index contributed by atoms with van der Waals surface area (Å²) in [5, 5.41) is 14.0. The van der Waals surface area contributed by atoms with Crippen LogP contribution in [-0.2, 0) is 24.9 Å². The number of hydrogen-bond donors (Lipinski definition) is 1. The molecule has 297 valence electrons. The van der Waals surface area contributed by atoms with E-state index in [-0.39, 0.29) is 43.5 Å². The molecular formula is C50H64IrNO2S-. The molecule has 1 saturated carbocycles. The molecule has 1 aliphatic carbocycles. The number of allylic oxidation sites excluding steroid dienone is 2. The number of benzene rings is 3. The van der Waals surface area contributed by atoms with Crippen LogP contribution in [0.4, 0.5) is 0 Å². The molecule has 0 amide bonds. The number of aryl methyl sites for hydroxylation is 1. The van der Waals surface area contributed by atoms with E-state index >= 15 is 0 Å². The summed E-state index contributed by atoms with van der Waals surface area (Å²) >= 11 is 1.88. The third-order valence-corrected chi connectivity index (χ3v) is 13.0. The maximum Gasteiger partial charge on any atom is 0.162 e. The fourth-order valence-corrected chi connectivity index (χ4v) is 10.4. The molecule has 0 aliphatic heterocycles. The predicted molar refractivity (Wildman–Crippen MR) is 234 cm³/mol. The van der Waals surface area contributed by atoms with Gasteiger partial charge in [0.15, 0.2) is 5.78 Å². The molecule has 2 aromatic heterocycles. The van der Waals surface area contributed by atoms with Crippen molar-refractivity contribution in [2.24, 2.45) is 35.5 Å². The van der Waals surface area contributed by atoms with Gasteiger partial charge in [-0.15, -0.1) is 40.5 Å². The maximum absolute atomic E-state index is 12.3. The van der Waals surface area contributed by atoms with E-state index in [0.717, 1.165) is 17.2 Å². The summed E-state index contributed by atoms with van der Waals surface area (Å²) in [5.41, 5.74) is 7.69. The van der Waals surface area contributed by atoms with Gasteiger partial charge in [0.05, 0.1) is 5.76 Å². The summed E-state index contributed by atoms with van der Waals surface area (Å²) in [6, 6.07) is 26.2. The second kappa shape index (κ2) is 19.8. The zero-order valence-electron chi connectivity index (χ0n) is 35.1. The number of ketones is 1. The molecule has 0 spiro atoms. The van der Waals surface area contributed by atoms with E-state index in [9.17, 15) is 9.90 Å². The van der Waals surface area contributed by atoms with E-state index in [0.29, 0.717) is 29.6 Å². The SMILES string of the molecule is CC(C)C(C(=O)/C=C(\O)C(C(C)C)C(C)C)C(C)C.Cc1c(-c2ccc(C3CCCCC3)cc2)sc2c(-c3[c-]c4ccccc4c(C(C)C)c3)nccc12.[Ir]. The van der Waals surface area contributed by atoms with Crippen molar-refractivity contribution in [2.75, 3.05) is 0 Å². The second-order valence-electron chi connectivity index (χ2n) is 17.4. The van der Waals surface area contributed by atoms with Crippen LogP contribution in [0.3, 0.4) is 0 Å². The van der Waals surface area contributed by atoms with Gasteiger partial charge in [-0.3, -0.25) is 9.78 Å². The minimum Gasteiger partial charge on any atom is -0.512 e. The van der Waals surface area contributed by atoms with E-state index in [2.05, 4.69) is 143 Å². The number of pyridine rings is 1. The Balaban J connectivity index is 0.000000290. The smallest absolute Gasteiger partial charge is 0.162 e. The maximum atomic E-state index is 12.3. The van der Waals surface area contributed by atoms with Crippen molar-refractivity contribution in [3.8, 4) is 21.7 Å². The van der Waals surface area contributed by atoms with Gasteiger partial charge < -0.3 is 5.11 Å². The number of aromatic nitrogens is 1. The predicted octanol–water partition coefficient (Wildman–Crippen LogP) is 14.9. The van der Waals surface area contributed by atoms with E-state index in [1.807, 2.05) is 17.5 Å². The standard InChI is InChI=1S/C33H32NS.C17H32O2.Ir/c1-21(2)30-20-27(19-26-11-7-8-12-29(26)30)31-33-28(17-18-34-31)22(3)32(35-33)25-15-13-24(14-16-25)23-9-5-4-6-10-23;1-10(2)16(11(3)4)14(18)9-15(19)17(12(5)6)13(7)8;/h7-8,11-18,20-21,23H,4-6,9-10H2,1-3H3;9-13,16-18H,1-8H3;/q-1;;/b;14-9-;. The van der Waals surface area contributed by atoms with Crippen LogP contribution in [0.2, 0.25) is 0 Å². The third-order valence-electron chi connectivity index (χ3n) is 11.6. The van der Waals surface area contributed by atoms with E-state index in [1.165, 1.54) is 86.2 Å². The first-order valence-corrected chi connectivity index (χ1v) is 21.4. The molecule has 5 aromatic rings. The number of aliphatic hydroxyl groups excluding tert-OH is 1. The van der Waals surface area contributed by atoms with Gasteiger partial charge >= 0.3 is 0 Å². The Morgan fingerprint density at radius 2 is 1.40 bits per heavy atom. The van der Waals surface area contributed by atoms with Crippen LogP contribution in [0.25, 0.3) is 42.6 Å². The number of hydrogen-bond acceptors (Lipinski definition) is 4. The Hall–Kier alpha value is -3.11. The van der Waals surface area contributed by atoms with Gasteiger partial charge in [-0.05, 0) is 83.4 Å². The van der Waals surface area contributed by atoms with Crippen LogP contribution in [0, 0.1) is 48.5 Å². The zero-order chi connectivity index (χ0) is 39.3. The molecular weight excluding hydrogens is 871 g/mol. The Morgan fingerprint density at radius 3 is 1.98 bits per heavy atom. The average molecular weight is 935 g/mol. The first-order chi connectivity index (χ1) is 25.7. The molecule has 1 aliphatic rings. The first-order valence-electron chi connectivity index (χ1n) is 20.6. The number of thiophene rings is 1. The van der Waals surface area contributed by atoms with Crippen LogP contribution >= 0.6 is 11.3 Å². The summed E-state index contributed by atoms with van der Waals surface area (Å²) in [7, 11) is 0. The van der Waals surface area contributed by atoms with Crippen molar-refractivity contribution in [3.05, 3.63) is 101 Å². The van der Waals surface area contributed by atoms with Gasteiger partial charge in [-0.2, -0.15) is 0 Å². The van der Waals surface area contributed by atoms with Gasteiger partial charge in [-0.1, -0.05) is 142 Å². The van der Waals surface area contributed by atoms with Crippen LogP contribution in [0.5, 0.6) is 0 Å². The number of carbonyl (C=O) groups is 1. The van der Waals surface area contributed by atoms with Crippen molar-refractivity contribution in [3.63, 3.8) is 0 Å². The molecule has 3 aromatic carbocycles. The number of aliphatic hydroxyl groups is 1. The van der Waals surface area contributed by atoms with Crippen LogP contribution in [-0.4, -0.2) is 15.9 Å². The average Bonchev–Trinajstić information content (AvgIpc) is 3.47. The Labute approximate surface area is 349 Å². The summed E-state index contributed by atoms with van der Waals surface area (Å²) in [4.78, 5) is 18.6. The van der Waals surface area contributed by atoms with Crippen LogP contribution < -0.4 is 0 Å². The molecule has 0 atom stereocenters. The van der Waals surface area contributed by atoms with E-state index in [1.54, 1.807) is 0 Å². The molecule has 0 saturated heterocycles. The summed E-state index contributed by atoms with van der Waals surface area (Å²) in [5.74, 6) is 2.81. The monoisotopic (exact) mass is 935 g/mol. The Bertz CT molecular complexity index is 2030. The fourth-order valence-electron chi connectivity index (χ4n) is 9.04. The summed E-state index contributed by atoms with van der Waals surface area (Å²) < 4.78 is 1.26. The Morgan fingerprint density at radius 1 is 0.800 bits per heavy atom. The van der Waals surface area contributed by atoms with Crippen molar-refractivity contribution in [2.45, 2.75) is 120 Å². The van der Waals surface area contributed by atoms with Gasteiger partial charge in [0.2, 0.25) is 0 Å². The van der Waals surface area contributed by atoms with Crippen molar-refractivity contribution in [1.29, 1.82) is 0 Å². The molecule has 0 bridgehead atoms. The molecule has 2 heterocycles. The number of rotatable bonds is 11. The van der Waals surface area contributed by atoms with Crippen molar-refractivity contribution >= 4 is 38.0 Å². The Kier molecular flexibility index (Phi) is 16.1. The summed E-state index contributed by atoms with van der Waals surface area (Å²) in [6.45, 7) is 23.4. The molecule has 55 heavy (non-hydrogen) atoms. The topological polar surface area (TPSA) is 50.2 Å². The molecule has 3 nitrogen and oxygen atoms in total. The largest absolute Gasteiger partial charge is 0.512 e. The molecule has 1 fully saturated rings. The molecule has 1 N–H and O–H groups in total. The van der Waals surface area contributed by atoms with E-state index in [4.69, 9.17) is 4.98 Å². The van der Waals surface area contributed by atoms with Gasteiger partial charge in [-0.25, -0.2) is 0 Å². The number of fused-ring (bicyclic) bond motifs is 2. The van der Waals surface area contributed by atoms with Crippen LogP contribution in [0.1, 0.15) is 130 Å². The normalized spacial score (nSPS) is 14.2. The van der Waals surface area contributed by atoms with Crippen molar-refractivity contribution in [1.82, 2.24) is 4.98 Å². The molecule has 6 rings (SSSR count). The van der Waals surface area contributed by atoms with E-state index < -0.39 is 0 Å². The zero-order valence-corrected chi connectivity index (χ0v) is 38.3. The minimum absolute atomic E-state index is 0. The van der Waals surface area contributed by atoms with Crippen LogP contribution in [0.15, 0.2) is 78.7 Å². The number of carbonyl (C=O) groups excluding carboxylic acids is 1. The second-order valence-corrected chi connectivity index (χ2v) is 18.4. The van der Waals surface area contributed by atoms with Gasteiger partial charge in [0.25, 0.3) is 0 Å². The summed E-state index contributed by atoms with van der Waals surface area (Å²) in [6.07, 6.45) is 10.3. The molecule has 1 radical (unpaired) electrons. The quantitative estimate of drug-likeness (QED) is 0.0816. The number of nitrogens with zero attached hydrogens (tertiary/aromatic N) is 1. The van der Waals surface area contributed by atoms with Gasteiger partial charge in [0, 0.05) is 59.5 Å². The minimum atomic E-state index is -0.0119. The van der Waals surface area contributed by atoms with Crippen molar-refractivity contribution < 1.29 is 30.0 Å². The third kappa shape index (κ3) is 10.4. The fraction of sp³-hybridized carbons (Fsp3) is 0.480. The van der Waals surface area contributed by atoms with Gasteiger partial charge in [0.1, 0.15) is 0 Å². The first kappa shape index (κ1) is 44.6.